The zero-order valence-corrected chi connectivity index (χ0v) is 6.75. The summed E-state index contributed by atoms with van der Waals surface area (Å²) < 4.78 is 0. The van der Waals surface area contributed by atoms with Crippen molar-refractivity contribution in [2.45, 2.75) is 18.9 Å². The van der Waals surface area contributed by atoms with Gasteiger partial charge < -0.3 is 5.73 Å². The first kappa shape index (κ1) is 7.33. The third-order valence-corrected chi connectivity index (χ3v) is 2.41. The first-order chi connectivity index (χ1) is 5.83. The van der Waals surface area contributed by atoms with Crippen molar-refractivity contribution in [3.8, 4) is 0 Å². The van der Waals surface area contributed by atoms with E-state index in [1.54, 1.807) is 0 Å². The summed E-state index contributed by atoms with van der Waals surface area (Å²) >= 11 is 0. The molecular formula is C10H10N2. The lowest BCUT2D eigenvalue weighted by Crippen LogP contribution is -2.04. The van der Waals surface area contributed by atoms with Gasteiger partial charge in [0.2, 0.25) is 0 Å². The van der Waals surface area contributed by atoms with Crippen molar-refractivity contribution >= 4 is 5.69 Å². The van der Waals surface area contributed by atoms with E-state index in [9.17, 15) is 0 Å². The molecular weight excluding hydrogens is 148 g/mol. The standard InChI is InChI=1S/C10H10N2/c1-12-10-4-2-3-7-8(10)5-6-9(7)11/h2-4,9H,5-6,11H2/t9-/m0/s1. The Labute approximate surface area is 71.8 Å². The Morgan fingerprint density at radius 2 is 2.33 bits per heavy atom. The van der Waals surface area contributed by atoms with E-state index in [0.717, 1.165) is 18.5 Å². The molecule has 0 amide bonds. The Bertz CT molecular complexity index is 349. The van der Waals surface area contributed by atoms with Crippen molar-refractivity contribution in [2.24, 2.45) is 5.73 Å². The lowest BCUT2D eigenvalue weighted by Gasteiger charge is -2.04. The predicted molar refractivity (Wildman–Crippen MR) is 48.0 cm³/mol. The highest BCUT2D eigenvalue weighted by atomic mass is 14.7. The van der Waals surface area contributed by atoms with E-state index >= 15 is 0 Å². The van der Waals surface area contributed by atoms with Gasteiger partial charge in [-0.15, -0.1) is 0 Å². The van der Waals surface area contributed by atoms with E-state index in [1.807, 2.05) is 18.2 Å². The number of hydrogen-bond acceptors (Lipinski definition) is 1. The van der Waals surface area contributed by atoms with Gasteiger partial charge in [-0.3, -0.25) is 0 Å². The third-order valence-electron chi connectivity index (χ3n) is 2.41. The van der Waals surface area contributed by atoms with Crippen LogP contribution in [0.5, 0.6) is 0 Å². The molecule has 60 valence electrons. The maximum atomic E-state index is 6.96. The van der Waals surface area contributed by atoms with E-state index in [2.05, 4.69) is 4.85 Å². The van der Waals surface area contributed by atoms with Gasteiger partial charge >= 0.3 is 0 Å². The van der Waals surface area contributed by atoms with Crippen LogP contribution in [0.25, 0.3) is 4.85 Å². The molecule has 2 rings (SSSR count). The fourth-order valence-corrected chi connectivity index (χ4v) is 1.77. The largest absolute Gasteiger partial charge is 0.324 e. The van der Waals surface area contributed by atoms with Crippen LogP contribution >= 0.6 is 0 Å². The summed E-state index contributed by atoms with van der Waals surface area (Å²) in [6.45, 7) is 6.96. The van der Waals surface area contributed by atoms with Gasteiger partial charge in [-0.2, -0.15) is 0 Å². The molecule has 2 N–H and O–H groups in total. The van der Waals surface area contributed by atoms with Gasteiger partial charge in [0.05, 0.1) is 6.57 Å². The zero-order valence-electron chi connectivity index (χ0n) is 6.75. The van der Waals surface area contributed by atoms with Crippen LogP contribution < -0.4 is 5.73 Å². The second-order valence-corrected chi connectivity index (χ2v) is 3.10. The molecule has 0 fully saturated rings. The topological polar surface area (TPSA) is 30.4 Å². The number of benzene rings is 1. The third kappa shape index (κ3) is 0.910. The quantitative estimate of drug-likeness (QED) is 0.576. The van der Waals surface area contributed by atoms with Gasteiger partial charge in [-0.25, -0.2) is 4.85 Å². The van der Waals surface area contributed by atoms with Gasteiger partial charge in [-0.05, 0) is 24.0 Å². The van der Waals surface area contributed by atoms with E-state index in [-0.39, 0.29) is 6.04 Å². The van der Waals surface area contributed by atoms with E-state index < -0.39 is 0 Å². The molecule has 1 atom stereocenters. The number of rotatable bonds is 0. The minimum absolute atomic E-state index is 0.154. The highest BCUT2D eigenvalue weighted by molar-refractivity contribution is 5.58. The van der Waals surface area contributed by atoms with Crippen LogP contribution in [-0.4, -0.2) is 0 Å². The van der Waals surface area contributed by atoms with Crippen molar-refractivity contribution in [2.75, 3.05) is 0 Å². The summed E-state index contributed by atoms with van der Waals surface area (Å²) in [5.74, 6) is 0. The number of hydrogen-bond donors (Lipinski definition) is 1. The van der Waals surface area contributed by atoms with Gasteiger partial charge in [0.15, 0.2) is 5.69 Å². The second-order valence-electron chi connectivity index (χ2n) is 3.10. The first-order valence-electron chi connectivity index (χ1n) is 4.08. The van der Waals surface area contributed by atoms with Crippen LogP contribution in [0.4, 0.5) is 5.69 Å². The molecule has 2 nitrogen and oxygen atoms in total. The summed E-state index contributed by atoms with van der Waals surface area (Å²) in [4.78, 5) is 3.47. The molecule has 1 aliphatic carbocycles. The predicted octanol–water partition coefficient (Wildman–Crippen LogP) is 2.18. The molecule has 1 aromatic rings. The smallest absolute Gasteiger partial charge is 0.190 e. The Morgan fingerprint density at radius 1 is 1.50 bits per heavy atom. The van der Waals surface area contributed by atoms with Crippen molar-refractivity contribution in [1.29, 1.82) is 0 Å². The van der Waals surface area contributed by atoms with Gasteiger partial charge in [0.25, 0.3) is 0 Å². The first-order valence-corrected chi connectivity index (χ1v) is 4.08. The summed E-state index contributed by atoms with van der Waals surface area (Å²) in [5, 5.41) is 0. The Balaban J connectivity index is 2.60. The molecule has 0 aromatic heterocycles. The molecule has 0 saturated carbocycles. The van der Waals surface area contributed by atoms with Crippen LogP contribution in [0.2, 0.25) is 0 Å². The minimum Gasteiger partial charge on any atom is -0.324 e. The molecule has 12 heavy (non-hydrogen) atoms. The number of fused-ring (bicyclic) bond motifs is 1. The minimum atomic E-state index is 0.154. The number of nitrogens with zero attached hydrogens (tertiary/aromatic N) is 1. The van der Waals surface area contributed by atoms with Crippen molar-refractivity contribution in [3.05, 3.63) is 40.7 Å². The average Bonchev–Trinajstić information content (AvgIpc) is 2.48. The maximum Gasteiger partial charge on any atom is 0.190 e. The molecule has 0 bridgehead atoms. The molecule has 0 spiro atoms. The van der Waals surface area contributed by atoms with Gasteiger partial charge in [0.1, 0.15) is 0 Å². The Hall–Kier alpha value is -1.33. The van der Waals surface area contributed by atoms with Gasteiger partial charge in [0, 0.05) is 6.04 Å². The summed E-state index contributed by atoms with van der Waals surface area (Å²) in [6, 6.07) is 5.96. The van der Waals surface area contributed by atoms with Crippen LogP contribution in [0, 0.1) is 6.57 Å². The van der Waals surface area contributed by atoms with Crippen LogP contribution in [0.15, 0.2) is 18.2 Å². The average molecular weight is 158 g/mol. The van der Waals surface area contributed by atoms with Crippen LogP contribution in [0.3, 0.4) is 0 Å². The summed E-state index contributed by atoms with van der Waals surface area (Å²) in [7, 11) is 0. The van der Waals surface area contributed by atoms with Crippen molar-refractivity contribution in [1.82, 2.24) is 0 Å². The number of nitrogens with two attached hydrogens (primary N) is 1. The SMILES string of the molecule is [C-]#[N+]c1cccc2c1CC[C@@H]2N. The van der Waals surface area contributed by atoms with E-state index in [1.165, 1.54) is 11.1 Å². The van der Waals surface area contributed by atoms with Crippen LogP contribution in [-0.2, 0) is 6.42 Å². The van der Waals surface area contributed by atoms with Crippen LogP contribution in [0.1, 0.15) is 23.6 Å². The monoisotopic (exact) mass is 158 g/mol. The highest BCUT2D eigenvalue weighted by Gasteiger charge is 2.20. The normalized spacial score (nSPS) is 20.2. The molecule has 1 aliphatic rings. The second kappa shape index (κ2) is 2.62. The molecule has 2 heteroatoms. The molecule has 0 saturated heterocycles. The molecule has 0 unspecified atom stereocenters. The summed E-state index contributed by atoms with van der Waals surface area (Å²) in [6.07, 6.45) is 1.96. The summed E-state index contributed by atoms with van der Waals surface area (Å²) in [5.41, 5.74) is 8.98. The maximum absolute atomic E-state index is 6.96. The van der Waals surface area contributed by atoms with E-state index in [4.69, 9.17) is 12.3 Å². The molecule has 0 heterocycles. The zero-order chi connectivity index (χ0) is 8.55. The molecule has 0 radical (unpaired) electrons. The van der Waals surface area contributed by atoms with Crippen molar-refractivity contribution < 1.29 is 0 Å². The molecule has 0 aliphatic heterocycles. The Kier molecular flexibility index (Phi) is 1.60. The lowest BCUT2D eigenvalue weighted by molar-refractivity contribution is 0.713. The van der Waals surface area contributed by atoms with Crippen molar-refractivity contribution in [3.63, 3.8) is 0 Å². The fourth-order valence-electron chi connectivity index (χ4n) is 1.77. The Morgan fingerprint density at radius 3 is 3.08 bits per heavy atom. The fraction of sp³-hybridized carbons (Fsp3) is 0.300. The lowest BCUT2D eigenvalue weighted by atomic mass is 10.1. The highest BCUT2D eigenvalue weighted by Crippen LogP contribution is 2.35. The van der Waals surface area contributed by atoms with Gasteiger partial charge in [-0.1, -0.05) is 18.2 Å². The van der Waals surface area contributed by atoms with E-state index in [0.29, 0.717) is 0 Å². The molecule has 1 aromatic carbocycles.